The van der Waals surface area contributed by atoms with Crippen molar-refractivity contribution in [2.75, 3.05) is 6.26 Å². The number of fused-ring (bicyclic) bond motifs is 4. The van der Waals surface area contributed by atoms with E-state index < -0.39 is 10.0 Å². The maximum absolute atomic E-state index is 13.5. The fraction of sp³-hybridized carbons (Fsp3) is 0.208. The number of Topliss-reactive ketones (excluding diaryl/α,β-unsaturated/α-hetero) is 1. The van der Waals surface area contributed by atoms with E-state index in [0.717, 1.165) is 10.9 Å². The topological polar surface area (TPSA) is 56.1 Å². The second-order valence-corrected chi connectivity index (χ2v) is 9.64. The number of benzene rings is 3. The third-order valence-corrected chi connectivity index (χ3v) is 7.03. The van der Waals surface area contributed by atoms with Gasteiger partial charge in [-0.15, -0.1) is 0 Å². The summed E-state index contributed by atoms with van der Waals surface area (Å²) in [7, 11) is -3.49. The molecule has 0 saturated carbocycles. The van der Waals surface area contributed by atoms with E-state index >= 15 is 0 Å². The van der Waals surface area contributed by atoms with Crippen LogP contribution in [0, 0.1) is 5.92 Å². The minimum Gasteiger partial charge on any atom is -0.294 e. The van der Waals surface area contributed by atoms with Crippen molar-refractivity contribution in [1.29, 1.82) is 0 Å². The van der Waals surface area contributed by atoms with Crippen molar-refractivity contribution in [3.05, 3.63) is 83.6 Å². The number of nitrogens with zero attached hydrogens (tertiary/aromatic N) is 1. The van der Waals surface area contributed by atoms with E-state index in [9.17, 15) is 13.2 Å². The summed E-state index contributed by atoms with van der Waals surface area (Å²) < 4.78 is 26.3. The van der Waals surface area contributed by atoms with Crippen LogP contribution in [0.5, 0.6) is 0 Å². The molecule has 3 aromatic carbocycles. The number of rotatable bonds is 3. The number of ketones is 1. The number of carbonyl (C=O) groups excluding carboxylic acids is 1. The summed E-state index contributed by atoms with van der Waals surface area (Å²) >= 11 is 0. The van der Waals surface area contributed by atoms with Crippen LogP contribution in [0.4, 0.5) is 0 Å². The van der Waals surface area contributed by atoms with Crippen LogP contribution in [0.2, 0.25) is 0 Å². The Morgan fingerprint density at radius 3 is 2.41 bits per heavy atom. The van der Waals surface area contributed by atoms with Gasteiger partial charge in [-0.25, -0.2) is 12.4 Å². The summed E-state index contributed by atoms with van der Waals surface area (Å²) in [6, 6.07) is 21.7. The first-order valence-corrected chi connectivity index (χ1v) is 11.6. The van der Waals surface area contributed by atoms with E-state index in [-0.39, 0.29) is 11.7 Å². The predicted octanol–water partition coefficient (Wildman–Crippen LogP) is 4.59. The Hall–Kier alpha value is -2.92. The number of para-hydroxylation sites is 1. The van der Waals surface area contributed by atoms with Gasteiger partial charge in [0.1, 0.15) is 0 Å². The van der Waals surface area contributed by atoms with E-state index in [1.165, 1.54) is 21.0 Å². The summed E-state index contributed by atoms with van der Waals surface area (Å²) in [6.07, 6.45) is 3.10. The molecular formula is C24H21NO3S. The zero-order chi connectivity index (χ0) is 20.2. The maximum Gasteiger partial charge on any atom is 0.236 e. The number of hydrogen-bond donors (Lipinski definition) is 0. The van der Waals surface area contributed by atoms with Crippen LogP contribution in [-0.4, -0.2) is 24.4 Å². The van der Waals surface area contributed by atoms with Crippen LogP contribution < -0.4 is 0 Å². The zero-order valence-corrected chi connectivity index (χ0v) is 16.9. The molecule has 0 unspecified atom stereocenters. The third kappa shape index (κ3) is 2.88. The first-order valence-electron chi connectivity index (χ1n) is 9.79. The summed E-state index contributed by atoms with van der Waals surface area (Å²) in [6.45, 7) is 0. The summed E-state index contributed by atoms with van der Waals surface area (Å²) in [5.41, 5.74) is 2.98. The Kier molecular flexibility index (Phi) is 4.10. The maximum atomic E-state index is 13.5. The molecule has 4 aromatic rings. The third-order valence-electron chi connectivity index (χ3n) is 5.95. The minimum absolute atomic E-state index is 0.0535. The highest BCUT2D eigenvalue weighted by Gasteiger charge is 2.34. The SMILES string of the molecule is CS(=O)(=O)n1c2c(c3ccccc31)C(=O)[C@@H](Cc1cccc3ccccc13)CC2. The average Bonchev–Trinajstić information content (AvgIpc) is 3.05. The molecule has 0 aliphatic heterocycles. The molecular weight excluding hydrogens is 382 g/mol. The lowest BCUT2D eigenvalue weighted by molar-refractivity contribution is 0.0903. The molecule has 4 nitrogen and oxygen atoms in total. The lowest BCUT2D eigenvalue weighted by Gasteiger charge is -2.23. The quantitative estimate of drug-likeness (QED) is 0.503. The second kappa shape index (κ2) is 6.56. The highest BCUT2D eigenvalue weighted by molar-refractivity contribution is 7.89. The van der Waals surface area contributed by atoms with Crippen molar-refractivity contribution < 1.29 is 13.2 Å². The molecule has 5 heteroatoms. The highest BCUT2D eigenvalue weighted by atomic mass is 32.2. The standard InChI is InChI=1S/C24H21NO3S/c1-29(27,28)25-21-12-5-4-11-20(21)23-22(25)14-13-18(24(23)26)15-17-9-6-8-16-7-2-3-10-19(16)17/h2-12,18H,13-15H2,1H3/t18-/m1/s1. The highest BCUT2D eigenvalue weighted by Crippen LogP contribution is 2.37. The molecule has 146 valence electrons. The molecule has 1 atom stereocenters. The van der Waals surface area contributed by atoms with Gasteiger partial charge in [0, 0.05) is 22.6 Å². The van der Waals surface area contributed by atoms with Crippen LogP contribution in [0.3, 0.4) is 0 Å². The molecule has 0 saturated heterocycles. The van der Waals surface area contributed by atoms with Gasteiger partial charge in [0.2, 0.25) is 10.0 Å². The Labute approximate surface area is 169 Å². The van der Waals surface area contributed by atoms with E-state index in [2.05, 4.69) is 24.3 Å². The largest absolute Gasteiger partial charge is 0.294 e. The second-order valence-electron chi connectivity index (χ2n) is 7.81. The smallest absolute Gasteiger partial charge is 0.236 e. The molecule has 1 aliphatic carbocycles. The van der Waals surface area contributed by atoms with Gasteiger partial charge in [-0.1, -0.05) is 60.7 Å². The van der Waals surface area contributed by atoms with E-state index in [4.69, 9.17) is 0 Å². The van der Waals surface area contributed by atoms with Crippen molar-refractivity contribution in [3.63, 3.8) is 0 Å². The van der Waals surface area contributed by atoms with Gasteiger partial charge in [0.25, 0.3) is 0 Å². The van der Waals surface area contributed by atoms with E-state index in [1.54, 1.807) is 6.07 Å². The molecule has 0 amide bonds. The fourth-order valence-corrected chi connectivity index (χ4v) is 5.82. The molecule has 29 heavy (non-hydrogen) atoms. The predicted molar refractivity (Wildman–Crippen MR) is 116 cm³/mol. The molecule has 5 rings (SSSR count). The summed E-state index contributed by atoms with van der Waals surface area (Å²) in [5.74, 6) is -0.0927. The molecule has 1 heterocycles. The van der Waals surface area contributed by atoms with Gasteiger partial charge in [-0.05, 0) is 41.7 Å². The van der Waals surface area contributed by atoms with E-state index in [1.807, 2.05) is 36.4 Å². The monoisotopic (exact) mass is 403 g/mol. The van der Waals surface area contributed by atoms with Crippen molar-refractivity contribution in [2.45, 2.75) is 19.3 Å². The molecule has 0 fully saturated rings. The Balaban J connectivity index is 1.62. The van der Waals surface area contributed by atoms with Crippen molar-refractivity contribution in [3.8, 4) is 0 Å². The first kappa shape index (κ1) is 18.1. The van der Waals surface area contributed by atoms with Gasteiger partial charge in [-0.2, -0.15) is 0 Å². The Bertz CT molecular complexity index is 1380. The first-order chi connectivity index (χ1) is 13.9. The number of hydrogen-bond acceptors (Lipinski definition) is 3. The summed E-state index contributed by atoms with van der Waals surface area (Å²) in [4.78, 5) is 13.5. The van der Waals surface area contributed by atoms with E-state index in [0.29, 0.717) is 36.0 Å². The van der Waals surface area contributed by atoms with Gasteiger partial charge >= 0.3 is 0 Å². The average molecular weight is 404 g/mol. The van der Waals surface area contributed by atoms with Crippen LogP contribution in [0.15, 0.2) is 66.7 Å². The van der Waals surface area contributed by atoms with Gasteiger partial charge in [-0.3, -0.25) is 4.79 Å². The molecule has 0 radical (unpaired) electrons. The summed E-state index contributed by atoms with van der Waals surface area (Å²) in [5, 5.41) is 3.08. The van der Waals surface area contributed by atoms with Crippen molar-refractivity contribution >= 4 is 37.5 Å². The number of aromatic nitrogens is 1. The van der Waals surface area contributed by atoms with Crippen LogP contribution >= 0.6 is 0 Å². The lowest BCUT2D eigenvalue weighted by atomic mass is 9.81. The normalized spacial score (nSPS) is 17.0. The Morgan fingerprint density at radius 2 is 1.62 bits per heavy atom. The van der Waals surface area contributed by atoms with Gasteiger partial charge < -0.3 is 0 Å². The van der Waals surface area contributed by atoms with Crippen LogP contribution in [-0.2, 0) is 22.9 Å². The Morgan fingerprint density at radius 1 is 0.931 bits per heavy atom. The molecule has 0 bridgehead atoms. The molecule has 0 N–H and O–H groups in total. The van der Waals surface area contributed by atoms with Crippen molar-refractivity contribution in [2.24, 2.45) is 5.92 Å². The number of carbonyl (C=O) groups is 1. The van der Waals surface area contributed by atoms with Crippen LogP contribution in [0.1, 0.15) is 28.0 Å². The molecule has 1 aromatic heterocycles. The van der Waals surface area contributed by atoms with Crippen molar-refractivity contribution in [1.82, 2.24) is 3.97 Å². The lowest BCUT2D eigenvalue weighted by Crippen LogP contribution is -2.26. The molecule has 1 aliphatic rings. The van der Waals surface area contributed by atoms with Gasteiger partial charge in [0.05, 0.1) is 11.8 Å². The zero-order valence-electron chi connectivity index (χ0n) is 16.1. The van der Waals surface area contributed by atoms with Crippen LogP contribution in [0.25, 0.3) is 21.7 Å². The minimum atomic E-state index is -3.49. The van der Waals surface area contributed by atoms with Gasteiger partial charge in [0.15, 0.2) is 5.78 Å². The fourth-order valence-electron chi connectivity index (χ4n) is 4.72. The molecule has 0 spiro atoms.